The Morgan fingerprint density at radius 1 is 1.03 bits per heavy atom. The van der Waals surface area contributed by atoms with Gasteiger partial charge in [-0.2, -0.15) is 0 Å². The van der Waals surface area contributed by atoms with E-state index in [4.69, 9.17) is 11.6 Å². The summed E-state index contributed by atoms with van der Waals surface area (Å²) in [6.07, 6.45) is 5.66. The predicted molar refractivity (Wildman–Crippen MR) is 135 cm³/mol. The van der Waals surface area contributed by atoms with Gasteiger partial charge in [0, 0.05) is 22.3 Å². The van der Waals surface area contributed by atoms with Gasteiger partial charge in [-0.15, -0.1) is 0 Å². The molecule has 0 unspecified atom stereocenters. The average Bonchev–Trinajstić information content (AvgIpc) is 3.09. The SMILES string of the molecule is CCCCCNCCC(C)(C)CCn1c(C(=O)O)c2ccc(Cl)cc2c1-c1ccccc1. The van der Waals surface area contributed by atoms with Crippen LogP contribution in [-0.2, 0) is 6.54 Å². The molecule has 3 rings (SSSR count). The maximum Gasteiger partial charge on any atom is 0.353 e. The summed E-state index contributed by atoms with van der Waals surface area (Å²) in [5, 5.41) is 15.9. The van der Waals surface area contributed by atoms with Crippen LogP contribution >= 0.6 is 11.6 Å². The molecule has 0 atom stereocenters. The van der Waals surface area contributed by atoms with E-state index >= 15 is 0 Å². The number of halogens is 1. The summed E-state index contributed by atoms with van der Waals surface area (Å²) >= 11 is 6.31. The van der Waals surface area contributed by atoms with Crippen LogP contribution in [0.15, 0.2) is 48.5 Å². The second-order valence-electron chi connectivity index (χ2n) is 9.33. The van der Waals surface area contributed by atoms with Gasteiger partial charge in [0.1, 0.15) is 5.69 Å². The number of carboxylic acid groups (broad SMARTS) is 1. The first-order valence-corrected chi connectivity index (χ1v) is 12.0. The molecule has 0 fully saturated rings. The number of carbonyl (C=O) groups is 1. The molecule has 0 bridgehead atoms. The highest BCUT2D eigenvalue weighted by Gasteiger charge is 2.25. The average molecular weight is 455 g/mol. The van der Waals surface area contributed by atoms with E-state index in [0.29, 0.717) is 17.3 Å². The van der Waals surface area contributed by atoms with Gasteiger partial charge in [-0.05, 0) is 55.5 Å². The van der Waals surface area contributed by atoms with Crippen molar-refractivity contribution in [2.75, 3.05) is 13.1 Å². The minimum absolute atomic E-state index is 0.0928. The van der Waals surface area contributed by atoms with E-state index in [9.17, 15) is 9.90 Å². The van der Waals surface area contributed by atoms with E-state index in [1.165, 1.54) is 19.3 Å². The van der Waals surface area contributed by atoms with Crippen molar-refractivity contribution in [2.45, 2.75) is 59.4 Å². The van der Waals surface area contributed by atoms with Gasteiger partial charge in [0.15, 0.2) is 0 Å². The quantitative estimate of drug-likeness (QED) is 0.283. The smallest absolute Gasteiger partial charge is 0.353 e. The molecule has 3 aromatic rings. The molecular formula is C27H35ClN2O2. The first-order valence-electron chi connectivity index (χ1n) is 11.7. The van der Waals surface area contributed by atoms with E-state index in [1.807, 2.05) is 47.0 Å². The number of hydrogen-bond acceptors (Lipinski definition) is 2. The largest absolute Gasteiger partial charge is 0.477 e. The van der Waals surface area contributed by atoms with Crippen molar-refractivity contribution in [2.24, 2.45) is 5.41 Å². The Hall–Kier alpha value is -2.30. The number of fused-ring (bicyclic) bond motifs is 1. The van der Waals surface area contributed by atoms with E-state index in [1.54, 1.807) is 6.07 Å². The van der Waals surface area contributed by atoms with Crippen LogP contribution in [0.5, 0.6) is 0 Å². The molecule has 0 aliphatic carbocycles. The normalized spacial score (nSPS) is 11.9. The first-order chi connectivity index (χ1) is 15.3. The van der Waals surface area contributed by atoms with Crippen LogP contribution in [0.1, 0.15) is 63.4 Å². The lowest BCUT2D eigenvalue weighted by Crippen LogP contribution is -2.25. The molecule has 172 valence electrons. The fraction of sp³-hybridized carbons (Fsp3) is 0.444. The molecule has 1 aromatic heterocycles. The Labute approximate surface area is 196 Å². The predicted octanol–water partition coefficient (Wildman–Crippen LogP) is 7.25. The van der Waals surface area contributed by atoms with E-state index < -0.39 is 5.97 Å². The van der Waals surface area contributed by atoms with Crippen LogP contribution in [-0.4, -0.2) is 28.7 Å². The lowest BCUT2D eigenvalue weighted by molar-refractivity contribution is 0.0686. The molecule has 2 N–H and O–H groups in total. The van der Waals surface area contributed by atoms with E-state index in [2.05, 4.69) is 26.1 Å². The summed E-state index contributed by atoms with van der Waals surface area (Å²) in [5.74, 6) is -0.907. The first kappa shape index (κ1) is 24.3. The minimum Gasteiger partial charge on any atom is -0.477 e. The summed E-state index contributed by atoms with van der Waals surface area (Å²) in [5.41, 5.74) is 2.36. The molecule has 0 saturated heterocycles. The van der Waals surface area contributed by atoms with Crippen molar-refractivity contribution in [3.05, 3.63) is 59.2 Å². The second kappa shape index (κ2) is 11.0. The van der Waals surface area contributed by atoms with E-state index in [-0.39, 0.29) is 5.41 Å². The molecular weight excluding hydrogens is 420 g/mol. The Bertz CT molecular complexity index is 1040. The van der Waals surface area contributed by atoms with Gasteiger partial charge >= 0.3 is 5.97 Å². The summed E-state index contributed by atoms with van der Waals surface area (Å²) < 4.78 is 1.98. The van der Waals surface area contributed by atoms with Gasteiger partial charge in [0.2, 0.25) is 0 Å². The Kier molecular flexibility index (Phi) is 8.38. The van der Waals surface area contributed by atoms with Crippen LogP contribution in [0, 0.1) is 5.41 Å². The van der Waals surface area contributed by atoms with Gasteiger partial charge in [0.05, 0.1) is 5.69 Å². The molecule has 1 heterocycles. The van der Waals surface area contributed by atoms with E-state index in [0.717, 1.165) is 48.0 Å². The third-order valence-corrected chi connectivity index (χ3v) is 6.46. The minimum atomic E-state index is -0.907. The Morgan fingerprint density at radius 3 is 2.47 bits per heavy atom. The standard InChI is InChI=1S/C27H35ClN2O2/c1-4-5-9-16-29-17-14-27(2,3)15-18-30-24(20-10-7-6-8-11-20)23-19-21(28)12-13-22(23)25(30)26(31)32/h6-8,10-13,19,29H,4-5,9,14-18H2,1-3H3,(H,31,32). The molecule has 0 spiro atoms. The zero-order valence-corrected chi connectivity index (χ0v) is 20.2. The number of hydrogen-bond donors (Lipinski definition) is 2. The highest BCUT2D eigenvalue weighted by molar-refractivity contribution is 6.31. The van der Waals surface area contributed by atoms with Gasteiger partial charge in [0.25, 0.3) is 0 Å². The number of aromatic carboxylic acids is 1. The van der Waals surface area contributed by atoms with Crippen molar-refractivity contribution < 1.29 is 9.90 Å². The van der Waals surface area contributed by atoms with Crippen LogP contribution in [0.2, 0.25) is 5.02 Å². The van der Waals surface area contributed by atoms with Crippen molar-refractivity contribution >= 4 is 28.3 Å². The van der Waals surface area contributed by atoms with Gasteiger partial charge in [-0.25, -0.2) is 4.79 Å². The molecule has 32 heavy (non-hydrogen) atoms. The highest BCUT2D eigenvalue weighted by Crippen LogP contribution is 2.37. The number of rotatable bonds is 12. The topological polar surface area (TPSA) is 54.3 Å². The van der Waals surface area contributed by atoms with Gasteiger partial charge in [-0.3, -0.25) is 0 Å². The lowest BCUT2D eigenvalue weighted by atomic mass is 9.85. The Balaban J connectivity index is 1.88. The molecule has 0 aliphatic heterocycles. The zero-order valence-electron chi connectivity index (χ0n) is 19.5. The van der Waals surface area contributed by atoms with Crippen LogP contribution in [0.3, 0.4) is 0 Å². The molecule has 5 heteroatoms. The molecule has 0 radical (unpaired) electrons. The van der Waals surface area contributed by atoms with Crippen LogP contribution in [0.25, 0.3) is 22.0 Å². The van der Waals surface area contributed by atoms with Crippen molar-refractivity contribution in [1.29, 1.82) is 0 Å². The molecule has 0 aliphatic rings. The molecule has 4 nitrogen and oxygen atoms in total. The highest BCUT2D eigenvalue weighted by atomic mass is 35.5. The lowest BCUT2D eigenvalue weighted by Gasteiger charge is -2.26. The van der Waals surface area contributed by atoms with Crippen molar-refractivity contribution in [3.63, 3.8) is 0 Å². The third-order valence-electron chi connectivity index (χ3n) is 6.23. The Morgan fingerprint density at radius 2 is 1.78 bits per heavy atom. The van der Waals surface area contributed by atoms with Gasteiger partial charge in [-0.1, -0.05) is 81.6 Å². The molecule has 0 saturated carbocycles. The zero-order chi connectivity index (χ0) is 23.1. The molecule has 0 amide bonds. The monoisotopic (exact) mass is 454 g/mol. The number of unbranched alkanes of at least 4 members (excludes halogenated alkanes) is 2. The maximum absolute atomic E-state index is 12.3. The summed E-state index contributed by atoms with van der Waals surface area (Å²) in [4.78, 5) is 12.3. The third kappa shape index (κ3) is 5.93. The van der Waals surface area contributed by atoms with Crippen molar-refractivity contribution in [3.8, 4) is 11.3 Å². The number of aromatic nitrogens is 1. The summed E-state index contributed by atoms with van der Waals surface area (Å²) in [6.45, 7) is 9.44. The second-order valence-corrected chi connectivity index (χ2v) is 9.77. The number of benzene rings is 2. The molecule has 2 aromatic carbocycles. The van der Waals surface area contributed by atoms with Gasteiger partial charge < -0.3 is 15.0 Å². The van der Waals surface area contributed by atoms with Crippen LogP contribution < -0.4 is 5.32 Å². The number of carboxylic acids is 1. The van der Waals surface area contributed by atoms with Crippen LogP contribution in [0.4, 0.5) is 0 Å². The maximum atomic E-state index is 12.3. The number of nitrogens with one attached hydrogen (secondary N) is 1. The fourth-order valence-electron chi connectivity index (χ4n) is 4.27. The number of nitrogens with zero attached hydrogens (tertiary/aromatic N) is 1. The van der Waals surface area contributed by atoms with Crippen molar-refractivity contribution in [1.82, 2.24) is 9.88 Å². The summed E-state index contributed by atoms with van der Waals surface area (Å²) in [6, 6.07) is 15.5. The fourth-order valence-corrected chi connectivity index (χ4v) is 4.45. The summed E-state index contributed by atoms with van der Waals surface area (Å²) in [7, 11) is 0.